The molecule has 0 radical (unpaired) electrons. The second kappa shape index (κ2) is 7.98. The molecule has 8 nitrogen and oxygen atoms in total. The Kier molecular flexibility index (Phi) is 5.67. The molecule has 3 aromatic heterocycles. The number of urea groups is 1. The van der Waals surface area contributed by atoms with Crippen LogP contribution in [0.15, 0.2) is 18.5 Å². The maximum absolute atomic E-state index is 12.2. The van der Waals surface area contributed by atoms with Gasteiger partial charge in [0.1, 0.15) is 5.82 Å². The number of hydrazine groups is 1. The zero-order valence-electron chi connectivity index (χ0n) is 15.1. The molecule has 2 amide bonds. The van der Waals surface area contributed by atoms with E-state index in [9.17, 15) is 4.79 Å². The molecule has 3 heterocycles. The van der Waals surface area contributed by atoms with Gasteiger partial charge >= 0.3 is 6.03 Å². The number of rotatable bonds is 5. The second-order valence-electron chi connectivity index (χ2n) is 6.01. The van der Waals surface area contributed by atoms with E-state index in [-0.39, 0.29) is 15.7 Å². The number of fused-ring (bicyclic) bond motifs is 1. The molecule has 0 fully saturated rings. The molecule has 0 aliphatic heterocycles. The summed E-state index contributed by atoms with van der Waals surface area (Å²) in [6.07, 6.45) is 4.66. The van der Waals surface area contributed by atoms with E-state index in [1.165, 1.54) is 12.4 Å². The Morgan fingerprint density at radius 1 is 1.26 bits per heavy atom. The Morgan fingerprint density at radius 3 is 2.63 bits per heavy atom. The molecule has 0 unspecified atom stereocenters. The van der Waals surface area contributed by atoms with Crippen LogP contribution in [-0.4, -0.2) is 25.8 Å². The highest BCUT2D eigenvalue weighted by Gasteiger charge is 2.14. The van der Waals surface area contributed by atoms with Gasteiger partial charge in [-0.3, -0.25) is 20.5 Å². The summed E-state index contributed by atoms with van der Waals surface area (Å²) in [7, 11) is 1.84. The SMILES string of the molecule is CCCc1cc(NNC(=O)Nc2c(Cl)cncc2Cl)nc2c1c(C)nn2C. The van der Waals surface area contributed by atoms with E-state index in [1.54, 1.807) is 4.68 Å². The highest BCUT2D eigenvalue weighted by atomic mass is 35.5. The lowest BCUT2D eigenvalue weighted by Gasteiger charge is -2.12. The Morgan fingerprint density at radius 2 is 1.96 bits per heavy atom. The standard InChI is InChI=1S/C17H19Cl2N7O/c1-4-5-10-6-13(21-16-14(10)9(2)25-26(16)3)23-24-17(27)22-15-11(18)7-20-8-12(15)19/h6-8H,4-5H2,1-3H3,(H,21,23)(H2,20,22,24,27). The van der Waals surface area contributed by atoms with Crippen molar-refractivity contribution in [2.75, 3.05) is 10.7 Å². The number of nitrogens with one attached hydrogen (secondary N) is 3. The molecule has 0 aromatic carbocycles. The van der Waals surface area contributed by atoms with Gasteiger partial charge in [-0.05, 0) is 25.0 Å². The van der Waals surface area contributed by atoms with Crippen LogP contribution in [-0.2, 0) is 13.5 Å². The van der Waals surface area contributed by atoms with Gasteiger partial charge in [-0.1, -0.05) is 36.5 Å². The number of anilines is 2. The van der Waals surface area contributed by atoms with Crippen LogP contribution in [0.4, 0.5) is 16.3 Å². The Hall–Kier alpha value is -2.58. The van der Waals surface area contributed by atoms with Crippen molar-refractivity contribution in [3.05, 3.63) is 39.8 Å². The van der Waals surface area contributed by atoms with Crippen LogP contribution in [0.2, 0.25) is 10.0 Å². The van der Waals surface area contributed by atoms with Crippen LogP contribution in [0.5, 0.6) is 0 Å². The number of aromatic nitrogens is 4. The summed E-state index contributed by atoms with van der Waals surface area (Å²) >= 11 is 12.0. The van der Waals surface area contributed by atoms with Gasteiger partial charge in [0.15, 0.2) is 5.65 Å². The van der Waals surface area contributed by atoms with E-state index in [0.717, 1.165) is 35.1 Å². The molecule has 0 atom stereocenters. The van der Waals surface area contributed by atoms with Gasteiger partial charge in [0.2, 0.25) is 0 Å². The fraction of sp³-hybridized carbons (Fsp3) is 0.294. The minimum atomic E-state index is -0.537. The lowest BCUT2D eigenvalue weighted by molar-refractivity contribution is 0.254. The monoisotopic (exact) mass is 407 g/mol. The van der Waals surface area contributed by atoms with E-state index in [2.05, 4.69) is 38.2 Å². The predicted molar refractivity (Wildman–Crippen MR) is 107 cm³/mol. The fourth-order valence-corrected chi connectivity index (χ4v) is 3.32. The van der Waals surface area contributed by atoms with Crippen LogP contribution >= 0.6 is 23.2 Å². The number of nitrogens with zero attached hydrogens (tertiary/aromatic N) is 4. The van der Waals surface area contributed by atoms with Crippen molar-refractivity contribution in [3.63, 3.8) is 0 Å². The summed E-state index contributed by atoms with van der Waals surface area (Å²) in [5.41, 5.74) is 8.44. The van der Waals surface area contributed by atoms with E-state index in [1.807, 2.05) is 20.0 Å². The maximum atomic E-state index is 12.2. The molecule has 3 aromatic rings. The first kappa shape index (κ1) is 19.2. The number of aryl methyl sites for hydroxylation is 3. The van der Waals surface area contributed by atoms with Crippen molar-refractivity contribution in [2.24, 2.45) is 7.05 Å². The molecule has 3 rings (SSSR count). The van der Waals surface area contributed by atoms with E-state index < -0.39 is 6.03 Å². The first-order valence-electron chi connectivity index (χ1n) is 8.36. The summed E-state index contributed by atoms with van der Waals surface area (Å²) in [6, 6.07) is 1.37. The predicted octanol–water partition coefficient (Wildman–Crippen LogP) is 4.08. The molecular formula is C17H19Cl2N7O. The van der Waals surface area contributed by atoms with E-state index in [0.29, 0.717) is 5.82 Å². The molecule has 0 saturated carbocycles. The van der Waals surface area contributed by atoms with E-state index >= 15 is 0 Å². The van der Waals surface area contributed by atoms with Crippen LogP contribution in [0.1, 0.15) is 24.6 Å². The van der Waals surface area contributed by atoms with Gasteiger partial charge in [-0.2, -0.15) is 5.10 Å². The fourth-order valence-electron chi connectivity index (χ4n) is 2.86. The minimum Gasteiger partial charge on any atom is -0.304 e. The molecule has 0 aliphatic rings. The number of hydrogen-bond donors (Lipinski definition) is 3. The average molecular weight is 408 g/mol. The normalized spacial score (nSPS) is 10.9. The Balaban J connectivity index is 1.78. The zero-order chi connectivity index (χ0) is 19.6. The molecule has 10 heteroatoms. The lowest BCUT2D eigenvalue weighted by Crippen LogP contribution is -2.34. The molecule has 3 N–H and O–H groups in total. The van der Waals surface area contributed by atoms with Gasteiger partial charge in [0.25, 0.3) is 0 Å². The highest BCUT2D eigenvalue weighted by Crippen LogP contribution is 2.28. The van der Waals surface area contributed by atoms with Gasteiger partial charge in [-0.15, -0.1) is 0 Å². The Bertz CT molecular complexity index is 982. The molecule has 27 heavy (non-hydrogen) atoms. The number of carbonyl (C=O) groups excluding carboxylic acids is 1. The average Bonchev–Trinajstić information content (AvgIpc) is 2.91. The topological polar surface area (TPSA) is 96.8 Å². The van der Waals surface area contributed by atoms with Crippen molar-refractivity contribution in [2.45, 2.75) is 26.7 Å². The maximum Gasteiger partial charge on any atom is 0.337 e. The van der Waals surface area contributed by atoms with Gasteiger partial charge in [0.05, 0.1) is 21.4 Å². The van der Waals surface area contributed by atoms with Crippen LogP contribution in [0.3, 0.4) is 0 Å². The van der Waals surface area contributed by atoms with Gasteiger partial charge < -0.3 is 5.32 Å². The van der Waals surface area contributed by atoms with Crippen molar-refractivity contribution in [1.29, 1.82) is 0 Å². The smallest absolute Gasteiger partial charge is 0.304 e. The van der Waals surface area contributed by atoms with E-state index in [4.69, 9.17) is 23.2 Å². The van der Waals surface area contributed by atoms with Gasteiger partial charge in [0, 0.05) is 24.8 Å². The summed E-state index contributed by atoms with van der Waals surface area (Å²) in [4.78, 5) is 20.5. The zero-order valence-corrected chi connectivity index (χ0v) is 16.6. The number of halogens is 2. The lowest BCUT2D eigenvalue weighted by atomic mass is 10.1. The van der Waals surface area contributed by atoms with Crippen LogP contribution < -0.4 is 16.2 Å². The number of hydrogen-bond acceptors (Lipinski definition) is 5. The van der Waals surface area contributed by atoms with Crippen LogP contribution in [0.25, 0.3) is 11.0 Å². The van der Waals surface area contributed by atoms with Crippen molar-refractivity contribution < 1.29 is 4.79 Å². The quantitative estimate of drug-likeness (QED) is 0.553. The third-order valence-corrected chi connectivity index (χ3v) is 4.54. The highest BCUT2D eigenvalue weighted by molar-refractivity contribution is 6.39. The number of carbonyl (C=O) groups is 1. The molecule has 0 aliphatic carbocycles. The third-order valence-electron chi connectivity index (χ3n) is 3.97. The summed E-state index contributed by atoms with van der Waals surface area (Å²) in [5.74, 6) is 0.510. The van der Waals surface area contributed by atoms with Crippen LogP contribution in [0, 0.1) is 6.92 Å². The number of amides is 2. The number of pyridine rings is 2. The molecule has 0 saturated heterocycles. The first-order chi connectivity index (χ1) is 12.9. The molecular weight excluding hydrogens is 389 g/mol. The molecule has 142 valence electrons. The third kappa shape index (κ3) is 4.06. The first-order valence-corrected chi connectivity index (χ1v) is 9.11. The van der Waals surface area contributed by atoms with Crippen molar-refractivity contribution >= 4 is 51.8 Å². The summed E-state index contributed by atoms with van der Waals surface area (Å²) in [5, 5.41) is 8.55. The summed E-state index contributed by atoms with van der Waals surface area (Å²) in [6.45, 7) is 4.07. The van der Waals surface area contributed by atoms with Crippen molar-refractivity contribution in [3.8, 4) is 0 Å². The molecule has 0 spiro atoms. The van der Waals surface area contributed by atoms with Crippen molar-refractivity contribution in [1.82, 2.24) is 25.2 Å². The second-order valence-corrected chi connectivity index (χ2v) is 6.82. The Labute approximate surface area is 166 Å². The van der Waals surface area contributed by atoms with Gasteiger partial charge in [-0.25, -0.2) is 9.78 Å². The molecule has 0 bridgehead atoms. The largest absolute Gasteiger partial charge is 0.337 e. The summed E-state index contributed by atoms with van der Waals surface area (Å²) < 4.78 is 1.73. The minimum absolute atomic E-state index is 0.243.